The van der Waals surface area contributed by atoms with Gasteiger partial charge in [-0.05, 0) is 24.0 Å². The second kappa shape index (κ2) is 9.67. The van der Waals surface area contributed by atoms with Crippen molar-refractivity contribution < 1.29 is 4.79 Å². The summed E-state index contributed by atoms with van der Waals surface area (Å²) in [7, 11) is 0. The fourth-order valence-corrected chi connectivity index (χ4v) is 3.60. The molecule has 0 aliphatic rings. The Morgan fingerprint density at radius 2 is 1.97 bits per heavy atom. The smallest absolute Gasteiger partial charge is 0.250 e. The van der Waals surface area contributed by atoms with Gasteiger partial charge in [-0.2, -0.15) is 5.10 Å². The molecule has 156 valence electrons. The Balaban J connectivity index is 1.63. The van der Waals surface area contributed by atoms with E-state index < -0.39 is 0 Å². The van der Waals surface area contributed by atoms with Crippen molar-refractivity contribution in [2.24, 2.45) is 5.10 Å². The van der Waals surface area contributed by atoms with E-state index in [1.165, 1.54) is 17.3 Å². The van der Waals surface area contributed by atoms with Crippen molar-refractivity contribution in [3.63, 3.8) is 0 Å². The van der Waals surface area contributed by atoms with Crippen LogP contribution in [0.1, 0.15) is 38.8 Å². The monoisotopic (exact) mass is 422 g/mol. The number of aromatic nitrogens is 4. The van der Waals surface area contributed by atoms with Gasteiger partial charge < -0.3 is 4.57 Å². The van der Waals surface area contributed by atoms with Crippen molar-refractivity contribution in [2.45, 2.75) is 44.8 Å². The van der Waals surface area contributed by atoms with Gasteiger partial charge in [-0.1, -0.05) is 62.9 Å². The predicted octanol–water partition coefficient (Wildman–Crippen LogP) is 3.90. The van der Waals surface area contributed by atoms with Crippen LogP contribution in [0.2, 0.25) is 0 Å². The molecule has 3 rings (SSSR count). The summed E-state index contributed by atoms with van der Waals surface area (Å²) in [6.45, 7) is 9.33. The van der Waals surface area contributed by atoms with Gasteiger partial charge in [0.2, 0.25) is 0 Å². The maximum Gasteiger partial charge on any atom is 0.250 e. The third-order valence-electron chi connectivity index (χ3n) is 4.46. The molecular formula is C22H26N6OS. The van der Waals surface area contributed by atoms with Crippen LogP contribution >= 0.6 is 11.8 Å². The van der Waals surface area contributed by atoms with Crippen LogP contribution in [0.5, 0.6) is 0 Å². The van der Waals surface area contributed by atoms with Gasteiger partial charge in [0.05, 0.1) is 12.0 Å². The van der Waals surface area contributed by atoms with E-state index in [4.69, 9.17) is 0 Å². The third kappa shape index (κ3) is 5.54. The fourth-order valence-electron chi connectivity index (χ4n) is 2.81. The van der Waals surface area contributed by atoms with E-state index >= 15 is 0 Å². The first-order chi connectivity index (χ1) is 14.4. The second-order valence-corrected chi connectivity index (χ2v) is 8.69. The van der Waals surface area contributed by atoms with E-state index in [-0.39, 0.29) is 17.1 Å². The van der Waals surface area contributed by atoms with Crippen LogP contribution in [0.15, 0.2) is 59.0 Å². The van der Waals surface area contributed by atoms with Gasteiger partial charge >= 0.3 is 0 Å². The minimum absolute atomic E-state index is 0.102. The van der Waals surface area contributed by atoms with Gasteiger partial charge in [-0.25, -0.2) is 5.43 Å². The fraction of sp³-hybridized carbons (Fsp3) is 0.318. The predicted molar refractivity (Wildman–Crippen MR) is 121 cm³/mol. The zero-order chi connectivity index (χ0) is 21.6. The number of carbonyl (C=O) groups excluding carboxylic acids is 1. The number of thioether (sulfide) groups is 1. The molecule has 0 spiro atoms. The van der Waals surface area contributed by atoms with Crippen molar-refractivity contribution in [1.82, 2.24) is 25.2 Å². The van der Waals surface area contributed by atoms with Gasteiger partial charge in [0.25, 0.3) is 5.91 Å². The van der Waals surface area contributed by atoms with Gasteiger partial charge in [0, 0.05) is 30.1 Å². The number of nitrogens with zero attached hydrogens (tertiary/aromatic N) is 5. The summed E-state index contributed by atoms with van der Waals surface area (Å²) in [6, 6.07) is 12.1. The van der Waals surface area contributed by atoms with Crippen molar-refractivity contribution in [2.75, 3.05) is 5.75 Å². The Kier molecular flexibility index (Phi) is 6.99. The van der Waals surface area contributed by atoms with Crippen LogP contribution in [0.25, 0.3) is 11.4 Å². The second-order valence-electron chi connectivity index (χ2n) is 7.75. The SMILES string of the molecule is CCn1c(SCC(=O)N/N=C/c2cccnc2)nnc1-c1ccc(C(C)(C)C)cc1. The third-order valence-corrected chi connectivity index (χ3v) is 5.43. The molecule has 0 radical (unpaired) electrons. The Bertz CT molecular complexity index is 1010. The first-order valence-electron chi connectivity index (χ1n) is 9.77. The molecule has 2 heterocycles. The van der Waals surface area contributed by atoms with E-state index in [0.29, 0.717) is 11.7 Å². The summed E-state index contributed by atoms with van der Waals surface area (Å²) in [4.78, 5) is 16.1. The molecule has 0 saturated heterocycles. The minimum Gasteiger partial charge on any atom is -0.302 e. The molecule has 0 bridgehead atoms. The Morgan fingerprint density at radius 1 is 1.20 bits per heavy atom. The lowest BCUT2D eigenvalue weighted by Gasteiger charge is -2.19. The molecule has 1 amide bonds. The van der Waals surface area contributed by atoms with Crippen molar-refractivity contribution >= 4 is 23.9 Å². The van der Waals surface area contributed by atoms with Gasteiger partial charge in [-0.15, -0.1) is 10.2 Å². The molecule has 0 aliphatic heterocycles. The minimum atomic E-state index is -0.207. The Hall–Kier alpha value is -3.00. The largest absolute Gasteiger partial charge is 0.302 e. The summed E-state index contributed by atoms with van der Waals surface area (Å²) in [6.07, 6.45) is 4.91. The van der Waals surface area contributed by atoms with Crippen LogP contribution in [-0.2, 0) is 16.8 Å². The lowest BCUT2D eigenvalue weighted by atomic mass is 9.87. The van der Waals surface area contributed by atoms with Crippen LogP contribution < -0.4 is 5.43 Å². The van der Waals surface area contributed by atoms with E-state index in [0.717, 1.165) is 17.0 Å². The van der Waals surface area contributed by atoms with Crippen LogP contribution in [0, 0.1) is 0 Å². The maximum absolute atomic E-state index is 12.1. The number of benzene rings is 1. The van der Waals surface area contributed by atoms with E-state index in [1.54, 1.807) is 18.6 Å². The zero-order valence-corrected chi connectivity index (χ0v) is 18.5. The molecule has 0 atom stereocenters. The molecule has 8 heteroatoms. The number of carbonyl (C=O) groups is 1. The molecule has 2 aromatic heterocycles. The molecule has 1 N–H and O–H groups in total. The molecule has 0 fully saturated rings. The lowest BCUT2D eigenvalue weighted by molar-refractivity contribution is -0.118. The van der Waals surface area contributed by atoms with Crippen LogP contribution in [0.3, 0.4) is 0 Å². The summed E-state index contributed by atoms with van der Waals surface area (Å²) < 4.78 is 2.02. The van der Waals surface area contributed by atoms with Crippen molar-refractivity contribution in [1.29, 1.82) is 0 Å². The number of rotatable bonds is 7. The average Bonchev–Trinajstić information content (AvgIpc) is 3.15. The number of hydrazone groups is 1. The Labute approximate surface area is 181 Å². The number of hydrogen-bond acceptors (Lipinski definition) is 6. The highest BCUT2D eigenvalue weighted by atomic mass is 32.2. The van der Waals surface area contributed by atoms with E-state index in [9.17, 15) is 4.79 Å². The van der Waals surface area contributed by atoms with Crippen LogP contribution in [0.4, 0.5) is 0 Å². The molecule has 1 aromatic carbocycles. The summed E-state index contributed by atoms with van der Waals surface area (Å²) in [5, 5.41) is 13.3. The van der Waals surface area contributed by atoms with Crippen LogP contribution in [-0.4, -0.2) is 37.6 Å². The highest BCUT2D eigenvalue weighted by Gasteiger charge is 2.17. The highest BCUT2D eigenvalue weighted by Crippen LogP contribution is 2.27. The number of hydrogen-bond donors (Lipinski definition) is 1. The molecule has 0 unspecified atom stereocenters. The molecule has 3 aromatic rings. The standard InChI is InChI=1S/C22H26N6OS/c1-5-28-20(17-8-10-18(11-9-17)22(2,3)4)26-27-21(28)30-15-19(29)25-24-14-16-7-6-12-23-13-16/h6-14H,5,15H2,1-4H3,(H,25,29)/b24-14+. The highest BCUT2D eigenvalue weighted by molar-refractivity contribution is 7.99. The van der Waals surface area contributed by atoms with Gasteiger partial charge in [0.1, 0.15) is 0 Å². The summed E-state index contributed by atoms with van der Waals surface area (Å²) >= 11 is 1.34. The number of amides is 1. The molecular weight excluding hydrogens is 396 g/mol. The molecule has 7 nitrogen and oxygen atoms in total. The van der Waals surface area contributed by atoms with Crippen molar-refractivity contribution in [3.05, 3.63) is 59.9 Å². The average molecular weight is 423 g/mol. The number of nitrogens with one attached hydrogen (secondary N) is 1. The van der Waals surface area contributed by atoms with Crippen molar-refractivity contribution in [3.8, 4) is 11.4 Å². The topological polar surface area (TPSA) is 85.1 Å². The first-order valence-corrected chi connectivity index (χ1v) is 10.8. The lowest BCUT2D eigenvalue weighted by Crippen LogP contribution is -2.20. The van der Waals surface area contributed by atoms with Gasteiger partial charge in [0.15, 0.2) is 11.0 Å². The molecule has 0 saturated carbocycles. The quantitative estimate of drug-likeness (QED) is 0.355. The number of pyridine rings is 1. The van der Waals surface area contributed by atoms with Gasteiger partial charge in [-0.3, -0.25) is 9.78 Å². The molecule has 0 aliphatic carbocycles. The maximum atomic E-state index is 12.1. The van der Waals surface area contributed by atoms with E-state index in [1.807, 2.05) is 23.6 Å². The first kappa shape index (κ1) is 21.7. The molecule has 30 heavy (non-hydrogen) atoms. The van der Waals surface area contributed by atoms with E-state index in [2.05, 4.69) is 70.7 Å². The zero-order valence-electron chi connectivity index (χ0n) is 17.7. The summed E-state index contributed by atoms with van der Waals surface area (Å²) in [5.74, 6) is 0.795. The normalized spacial score (nSPS) is 11.7. The summed E-state index contributed by atoms with van der Waals surface area (Å²) in [5.41, 5.74) is 5.72. The Morgan fingerprint density at radius 3 is 2.60 bits per heavy atom.